The van der Waals surface area contributed by atoms with Gasteiger partial charge in [0.1, 0.15) is 0 Å². The summed E-state index contributed by atoms with van der Waals surface area (Å²) >= 11 is 0. The normalized spacial score (nSPS) is 18.0. The van der Waals surface area contributed by atoms with E-state index in [2.05, 4.69) is 13.8 Å². The molecule has 0 atom stereocenters. The van der Waals surface area contributed by atoms with E-state index >= 15 is 0 Å². The summed E-state index contributed by atoms with van der Waals surface area (Å²) in [5, 5.41) is 0. The lowest BCUT2D eigenvalue weighted by Crippen LogP contribution is -2.51. The number of quaternary nitrogens is 1. The van der Waals surface area contributed by atoms with Crippen LogP contribution in [0.1, 0.15) is 104 Å². The molecule has 1 nitrogen and oxygen atoms in total. The summed E-state index contributed by atoms with van der Waals surface area (Å²) in [4.78, 5) is 0. The molecule has 0 amide bonds. The van der Waals surface area contributed by atoms with Gasteiger partial charge in [0.2, 0.25) is 0 Å². The Morgan fingerprint density at radius 3 is 1.52 bits per heavy atom. The van der Waals surface area contributed by atoms with Crippen molar-refractivity contribution in [2.45, 2.75) is 104 Å². The molecule has 0 aromatic heterocycles. The topological polar surface area (TPSA) is 0 Å². The Labute approximate surface area is 135 Å². The lowest BCUT2D eigenvalue weighted by atomic mass is 10.0. The molecule has 21 heavy (non-hydrogen) atoms. The minimum Gasteiger partial charge on any atom is -0.324 e. The zero-order valence-electron chi connectivity index (χ0n) is 15.2. The van der Waals surface area contributed by atoms with Crippen molar-refractivity contribution in [2.24, 2.45) is 0 Å². The molecule has 0 unspecified atom stereocenters. The van der Waals surface area contributed by atoms with E-state index in [9.17, 15) is 0 Å². The Morgan fingerprint density at radius 1 is 0.571 bits per heavy atom. The molecular weight excluding hydrogens is 254 g/mol. The Bertz CT molecular complexity index is 218. The summed E-state index contributed by atoms with van der Waals surface area (Å²) in [6, 6.07) is 0. The third-order valence-electron chi connectivity index (χ3n) is 5.67. The maximum atomic E-state index is 2.41. The molecule has 0 aliphatic carbocycles. The Balaban J connectivity index is 1.87. The van der Waals surface area contributed by atoms with E-state index in [4.69, 9.17) is 0 Å². The number of likely N-dealkylation sites (tertiary alicyclic amines) is 1. The second kappa shape index (κ2) is 12.5. The second-order valence-corrected chi connectivity index (χ2v) is 7.42. The van der Waals surface area contributed by atoms with Gasteiger partial charge in [0.15, 0.2) is 0 Å². The van der Waals surface area contributed by atoms with Gasteiger partial charge in [0.25, 0.3) is 0 Å². The second-order valence-electron chi connectivity index (χ2n) is 7.42. The van der Waals surface area contributed by atoms with Crippen LogP contribution in [-0.4, -0.2) is 30.7 Å². The fourth-order valence-corrected chi connectivity index (χ4v) is 3.99. The summed E-state index contributed by atoms with van der Waals surface area (Å²) in [6.45, 7) is 10.5. The van der Waals surface area contributed by atoms with Crippen LogP contribution in [0.3, 0.4) is 0 Å². The molecular formula is C20H42N+. The van der Waals surface area contributed by atoms with Gasteiger partial charge in [-0.2, -0.15) is 0 Å². The lowest BCUT2D eigenvalue weighted by Gasteiger charge is -2.41. The molecule has 1 saturated heterocycles. The van der Waals surface area contributed by atoms with Gasteiger partial charge in [-0.05, 0) is 39.0 Å². The highest BCUT2D eigenvalue weighted by Gasteiger charge is 2.26. The van der Waals surface area contributed by atoms with E-state index in [-0.39, 0.29) is 0 Å². The van der Waals surface area contributed by atoms with E-state index in [1.54, 1.807) is 0 Å². The first-order chi connectivity index (χ1) is 10.3. The molecule has 0 aromatic carbocycles. The number of rotatable bonds is 13. The molecule has 1 rings (SSSR count). The zero-order valence-corrected chi connectivity index (χ0v) is 15.2. The smallest absolute Gasteiger partial charge is 0.0786 e. The van der Waals surface area contributed by atoms with Crippen LogP contribution in [0.4, 0.5) is 0 Å². The number of hydrogen-bond donors (Lipinski definition) is 0. The van der Waals surface area contributed by atoms with Crippen molar-refractivity contribution in [3.8, 4) is 0 Å². The zero-order chi connectivity index (χ0) is 15.2. The van der Waals surface area contributed by atoms with Crippen molar-refractivity contribution in [3.05, 3.63) is 0 Å². The Morgan fingerprint density at radius 2 is 1.05 bits per heavy atom. The van der Waals surface area contributed by atoms with E-state index in [0.717, 1.165) is 0 Å². The van der Waals surface area contributed by atoms with Crippen LogP contribution in [0.15, 0.2) is 0 Å². The average molecular weight is 297 g/mol. The fraction of sp³-hybridized carbons (Fsp3) is 1.00. The van der Waals surface area contributed by atoms with Gasteiger partial charge in [-0.3, -0.25) is 0 Å². The van der Waals surface area contributed by atoms with Crippen molar-refractivity contribution in [2.75, 3.05) is 26.2 Å². The van der Waals surface area contributed by atoms with Gasteiger partial charge >= 0.3 is 0 Å². The highest BCUT2D eigenvalue weighted by Crippen LogP contribution is 2.20. The summed E-state index contributed by atoms with van der Waals surface area (Å²) < 4.78 is 1.44. The molecule has 0 spiro atoms. The van der Waals surface area contributed by atoms with E-state index in [1.807, 2.05) is 0 Å². The number of hydrogen-bond acceptors (Lipinski definition) is 0. The lowest BCUT2D eigenvalue weighted by molar-refractivity contribution is -0.931. The monoisotopic (exact) mass is 296 g/mol. The number of nitrogens with zero attached hydrogens (tertiary/aromatic N) is 1. The van der Waals surface area contributed by atoms with Gasteiger partial charge in [0, 0.05) is 0 Å². The molecule has 1 aliphatic heterocycles. The van der Waals surface area contributed by atoms with Crippen LogP contribution in [-0.2, 0) is 0 Å². The quantitative estimate of drug-likeness (QED) is 0.275. The molecule has 1 heterocycles. The SMILES string of the molecule is CCCCCCCCCCCCC[N+]1(CC)CCCCC1. The first-order valence-electron chi connectivity index (χ1n) is 10.2. The highest BCUT2D eigenvalue weighted by atomic mass is 15.3. The van der Waals surface area contributed by atoms with Crippen molar-refractivity contribution in [3.63, 3.8) is 0 Å². The summed E-state index contributed by atoms with van der Waals surface area (Å²) in [5.41, 5.74) is 0. The Hall–Kier alpha value is -0.0400. The van der Waals surface area contributed by atoms with Crippen molar-refractivity contribution >= 4 is 0 Å². The molecule has 0 bridgehead atoms. The van der Waals surface area contributed by atoms with Crippen LogP contribution in [0, 0.1) is 0 Å². The third-order valence-corrected chi connectivity index (χ3v) is 5.67. The van der Waals surface area contributed by atoms with Gasteiger partial charge in [-0.25, -0.2) is 0 Å². The first-order valence-corrected chi connectivity index (χ1v) is 10.2. The first kappa shape index (κ1) is 19.0. The van der Waals surface area contributed by atoms with E-state index < -0.39 is 0 Å². The van der Waals surface area contributed by atoms with Crippen LogP contribution in [0.25, 0.3) is 0 Å². The van der Waals surface area contributed by atoms with Crippen LogP contribution < -0.4 is 0 Å². The third kappa shape index (κ3) is 8.86. The maximum Gasteiger partial charge on any atom is 0.0786 e. The minimum absolute atomic E-state index is 1.37. The van der Waals surface area contributed by atoms with Crippen LogP contribution in [0.5, 0.6) is 0 Å². The number of piperidine rings is 1. The molecule has 0 N–H and O–H groups in total. The molecule has 1 fully saturated rings. The molecule has 126 valence electrons. The Kier molecular flexibility index (Phi) is 11.3. The standard InChI is InChI=1S/C20H42N/c1-3-5-6-7-8-9-10-11-12-13-15-18-21(4-2)19-16-14-17-20-21/h3-20H2,1-2H3/q+1. The highest BCUT2D eigenvalue weighted by molar-refractivity contribution is 4.55. The van der Waals surface area contributed by atoms with Crippen molar-refractivity contribution in [1.29, 1.82) is 0 Å². The predicted octanol–water partition coefficient (Wildman–Crippen LogP) is 6.32. The van der Waals surface area contributed by atoms with Gasteiger partial charge < -0.3 is 4.48 Å². The van der Waals surface area contributed by atoms with Gasteiger partial charge in [-0.15, -0.1) is 0 Å². The summed E-state index contributed by atoms with van der Waals surface area (Å²) in [5.74, 6) is 0. The van der Waals surface area contributed by atoms with E-state index in [1.165, 1.54) is 121 Å². The summed E-state index contributed by atoms with van der Waals surface area (Å²) in [6.07, 6.45) is 20.6. The average Bonchev–Trinajstić information content (AvgIpc) is 2.53. The molecule has 1 heteroatoms. The van der Waals surface area contributed by atoms with Crippen molar-refractivity contribution < 1.29 is 4.48 Å². The number of unbranched alkanes of at least 4 members (excludes halogenated alkanes) is 10. The maximum absolute atomic E-state index is 2.41. The molecule has 0 aromatic rings. The minimum atomic E-state index is 1.37. The molecule has 0 radical (unpaired) electrons. The predicted molar refractivity (Wildman–Crippen MR) is 95.7 cm³/mol. The van der Waals surface area contributed by atoms with Gasteiger partial charge in [-0.1, -0.05) is 64.7 Å². The fourth-order valence-electron chi connectivity index (χ4n) is 3.99. The van der Waals surface area contributed by atoms with Crippen LogP contribution >= 0.6 is 0 Å². The summed E-state index contributed by atoms with van der Waals surface area (Å²) in [7, 11) is 0. The van der Waals surface area contributed by atoms with Gasteiger partial charge in [0.05, 0.1) is 26.2 Å². The van der Waals surface area contributed by atoms with E-state index in [0.29, 0.717) is 0 Å². The largest absolute Gasteiger partial charge is 0.324 e. The van der Waals surface area contributed by atoms with Crippen LogP contribution in [0.2, 0.25) is 0 Å². The molecule has 1 aliphatic rings. The molecule has 0 saturated carbocycles. The van der Waals surface area contributed by atoms with Crippen molar-refractivity contribution in [1.82, 2.24) is 0 Å².